The molecule has 1 aromatic heterocycles. The zero-order valence-corrected chi connectivity index (χ0v) is 11.6. The van der Waals surface area contributed by atoms with E-state index in [1.54, 1.807) is 7.11 Å². The Labute approximate surface area is 112 Å². The number of aromatic amines is 1. The lowest BCUT2D eigenvalue weighted by Gasteiger charge is -2.22. The summed E-state index contributed by atoms with van der Waals surface area (Å²) in [6.07, 6.45) is 0. The Morgan fingerprint density at radius 3 is 2.63 bits per heavy atom. The zero-order chi connectivity index (χ0) is 13.9. The monoisotopic (exact) mass is 262 g/mol. The smallest absolute Gasteiger partial charge is 0.211 e. The standard InChI is InChI=1S/C13H18N4O2/c1-13(2,3)10-6-5-9(7-11(10)18-4)19-8-12-14-16-17-15-12/h5-7H,8H2,1-4H3,(H,14,15,16,17). The van der Waals surface area contributed by atoms with Gasteiger partial charge in [0.1, 0.15) is 11.5 Å². The second-order valence-corrected chi connectivity index (χ2v) is 5.23. The summed E-state index contributed by atoms with van der Waals surface area (Å²) < 4.78 is 11.0. The number of aromatic nitrogens is 4. The van der Waals surface area contributed by atoms with Gasteiger partial charge in [-0.15, -0.1) is 10.2 Å². The molecule has 0 aliphatic carbocycles. The summed E-state index contributed by atoms with van der Waals surface area (Å²) in [7, 11) is 1.66. The summed E-state index contributed by atoms with van der Waals surface area (Å²) in [6.45, 7) is 6.70. The van der Waals surface area contributed by atoms with E-state index < -0.39 is 0 Å². The number of hydrogen-bond acceptors (Lipinski definition) is 5. The van der Waals surface area contributed by atoms with Gasteiger partial charge in [-0.3, -0.25) is 0 Å². The van der Waals surface area contributed by atoms with Crippen LogP contribution in [0.5, 0.6) is 11.5 Å². The van der Waals surface area contributed by atoms with E-state index in [1.807, 2.05) is 18.2 Å². The maximum atomic E-state index is 5.60. The molecule has 2 rings (SSSR count). The lowest BCUT2D eigenvalue weighted by Crippen LogP contribution is -2.12. The molecule has 1 aromatic carbocycles. The lowest BCUT2D eigenvalue weighted by molar-refractivity contribution is 0.293. The van der Waals surface area contributed by atoms with Crippen molar-refractivity contribution in [2.24, 2.45) is 0 Å². The summed E-state index contributed by atoms with van der Waals surface area (Å²) in [6, 6.07) is 5.81. The van der Waals surface area contributed by atoms with Gasteiger partial charge in [0.2, 0.25) is 5.82 Å². The van der Waals surface area contributed by atoms with Crippen LogP contribution in [0.1, 0.15) is 32.2 Å². The normalized spacial score (nSPS) is 11.4. The lowest BCUT2D eigenvalue weighted by atomic mass is 9.86. The molecule has 6 heteroatoms. The number of rotatable bonds is 4. The van der Waals surface area contributed by atoms with Gasteiger partial charge in [-0.2, -0.15) is 5.21 Å². The molecule has 0 amide bonds. The molecule has 1 heterocycles. The van der Waals surface area contributed by atoms with Crippen LogP contribution in [0.4, 0.5) is 0 Å². The summed E-state index contributed by atoms with van der Waals surface area (Å²) in [5.41, 5.74) is 1.17. The van der Waals surface area contributed by atoms with Crippen LogP contribution in [0.25, 0.3) is 0 Å². The van der Waals surface area contributed by atoms with Gasteiger partial charge in [0.25, 0.3) is 0 Å². The highest BCUT2D eigenvalue weighted by molar-refractivity contribution is 5.44. The van der Waals surface area contributed by atoms with Crippen molar-refractivity contribution in [3.8, 4) is 11.5 Å². The molecule has 0 saturated heterocycles. The van der Waals surface area contributed by atoms with Gasteiger partial charge >= 0.3 is 0 Å². The third-order valence-electron chi connectivity index (χ3n) is 2.74. The third-order valence-corrected chi connectivity index (χ3v) is 2.74. The molecule has 0 atom stereocenters. The van der Waals surface area contributed by atoms with Gasteiger partial charge in [-0.25, -0.2) is 0 Å². The van der Waals surface area contributed by atoms with Gasteiger partial charge in [-0.05, 0) is 17.0 Å². The van der Waals surface area contributed by atoms with Crippen LogP contribution in [0.2, 0.25) is 0 Å². The molecule has 1 N–H and O–H groups in total. The predicted molar refractivity (Wildman–Crippen MR) is 70.2 cm³/mol. The van der Waals surface area contributed by atoms with Crippen molar-refractivity contribution >= 4 is 0 Å². The molecule has 0 radical (unpaired) electrons. The molecule has 19 heavy (non-hydrogen) atoms. The number of benzene rings is 1. The topological polar surface area (TPSA) is 72.9 Å². The Morgan fingerprint density at radius 2 is 2.05 bits per heavy atom. The Morgan fingerprint density at radius 1 is 1.26 bits per heavy atom. The average Bonchev–Trinajstić information content (AvgIpc) is 2.88. The Kier molecular flexibility index (Phi) is 3.69. The van der Waals surface area contributed by atoms with Crippen molar-refractivity contribution < 1.29 is 9.47 Å². The average molecular weight is 262 g/mol. The second-order valence-electron chi connectivity index (χ2n) is 5.23. The van der Waals surface area contributed by atoms with E-state index in [0.717, 1.165) is 17.1 Å². The Bertz CT molecular complexity index is 532. The van der Waals surface area contributed by atoms with Crippen LogP contribution < -0.4 is 9.47 Å². The maximum absolute atomic E-state index is 5.60. The minimum atomic E-state index is 0.0253. The maximum Gasteiger partial charge on any atom is 0.211 e. The molecule has 0 aliphatic rings. The number of tetrazole rings is 1. The van der Waals surface area contributed by atoms with Crippen LogP contribution >= 0.6 is 0 Å². The fourth-order valence-corrected chi connectivity index (χ4v) is 1.77. The van der Waals surface area contributed by atoms with Crippen molar-refractivity contribution in [1.82, 2.24) is 20.6 Å². The summed E-state index contributed by atoms with van der Waals surface area (Å²) in [5.74, 6) is 2.05. The summed E-state index contributed by atoms with van der Waals surface area (Å²) in [4.78, 5) is 0. The number of nitrogens with one attached hydrogen (secondary N) is 1. The van der Waals surface area contributed by atoms with Crippen molar-refractivity contribution in [2.45, 2.75) is 32.8 Å². The molecule has 0 spiro atoms. The van der Waals surface area contributed by atoms with Crippen molar-refractivity contribution in [1.29, 1.82) is 0 Å². The van der Waals surface area contributed by atoms with Crippen LogP contribution in [0.3, 0.4) is 0 Å². The van der Waals surface area contributed by atoms with Gasteiger partial charge in [0.05, 0.1) is 7.11 Å². The minimum absolute atomic E-state index is 0.0253. The summed E-state index contributed by atoms with van der Waals surface area (Å²) in [5, 5.41) is 13.5. The Hall–Kier alpha value is -2.11. The largest absolute Gasteiger partial charge is 0.496 e. The second kappa shape index (κ2) is 5.26. The van der Waals surface area contributed by atoms with Crippen LogP contribution in [-0.2, 0) is 12.0 Å². The van der Waals surface area contributed by atoms with E-state index in [0.29, 0.717) is 5.82 Å². The SMILES string of the molecule is COc1cc(OCc2nn[nH]n2)ccc1C(C)(C)C. The zero-order valence-electron chi connectivity index (χ0n) is 11.6. The van der Waals surface area contributed by atoms with Crippen LogP contribution in [0.15, 0.2) is 18.2 Å². The van der Waals surface area contributed by atoms with E-state index in [4.69, 9.17) is 9.47 Å². The number of methoxy groups -OCH3 is 1. The van der Waals surface area contributed by atoms with Crippen molar-refractivity contribution in [3.63, 3.8) is 0 Å². The number of ether oxygens (including phenoxy) is 2. The van der Waals surface area contributed by atoms with E-state index in [9.17, 15) is 0 Å². The first-order valence-electron chi connectivity index (χ1n) is 6.04. The predicted octanol–water partition coefficient (Wildman–Crippen LogP) is 2.08. The molecule has 0 unspecified atom stereocenters. The molecular weight excluding hydrogens is 244 g/mol. The fraction of sp³-hybridized carbons (Fsp3) is 0.462. The van der Waals surface area contributed by atoms with Crippen LogP contribution in [0, 0.1) is 0 Å². The first kappa shape index (κ1) is 13.3. The van der Waals surface area contributed by atoms with Crippen molar-refractivity contribution in [2.75, 3.05) is 7.11 Å². The van der Waals surface area contributed by atoms with E-state index in [-0.39, 0.29) is 12.0 Å². The summed E-state index contributed by atoms with van der Waals surface area (Å²) >= 11 is 0. The molecule has 6 nitrogen and oxygen atoms in total. The quantitative estimate of drug-likeness (QED) is 0.913. The number of H-pyrrole nitrogens is 1. The molecule has 2 aromatic rings. The van der Waals surface area contributed by atoms with Gasteiger partial charge in [-0.1, -0.05) is 32.1 Å². The highest BCUT2D eigenvalue weighted by Gasteiger charge is 2.19. The molecule has 102 valence electrons. The highest BCUT2D eigenvalue weighted by atomic mass is 16.5. The highest BCUT2D eigenvalue weighted by Crippen LogP contribution is 2.34. The van der Waals surface area contributed by atoms with E-state index in [1.165, 1.54) is 0 Å². The molecular formula is C13H18N4O2. The number of nitrogens with zero attached hydrogens (tertiary/aromatic N) is 3. The fourth-order valence-electron chi connectivity index (χ4n) is 1.77. The van der Waals surface area contributed by atoms with E-state index in [2.05, 4.69) is 41.4 Å². The molecule has 0 fully saturated rings. The van der Waals surface area contributed by atoms with Crippen molar-refractivity contribution in [3.05, 3.63) is 29.6 Å². The first-order chi connectivity index (χ1) is 9.00. The Balaban J connectivity index is 2.15. The first-order valence-corrected chi connectivity index (χ1v) is 6.04. The number of hydrogen-bond donors (Lipinski definition) is 1. The van der Waals surface area contributed by atoms with Gasteiger partial charge < -0.3 is 9.47 Å². The third kappa shape index (κ3) is 3.21. The van der Waals surface area contributed by atoms with Gasteiger partial charge in [0.15, 0.2) is 6.61 Å². The van der Waals surface area contributed by atoms with Gasteiger partial charge in [0, 0.05) is 6.07 Å². The minimum Gasteiger partial charge on any atom is -0.496 e. The molecule has 0 bridgehead atoms. The van der Waals surface area contributed by atoms with E-state index >= 15 is 0 Å². The van der Waals surface area contributed by atoms with Crippen LogP contribution in [-0.4, -0.2) is 27.7 Å². The molecule has 0 aliphatic heterocycles. The molecule has 0 saturated carbocycles.